The van der Waals surface area contributed by atoms with Crippen molar-refractivity contribution in [2.45, 2.75) is 19.0 Å². The molecule has 1 fully saturated rings. The van der Waals surface area contributed by atoms with Crippen LogP contribution in [-0.4, -0.2) is 49.1 Å². The first-order valence-electron chi connectivity index (χ1n) is 6.40. The van der Waals surface area contributed by atoms with Gasteiger partial charge in [-0.05, 0) is 19.5 Å². The van der Waals surface area contributed by atoms with Crippen LogP contribution >= 0.6 is 0 Å². The number of rotatable bonds is 3. The van der Waals surface area contributed by atoms with Crippen LogP contribution in [-0.2, 0) is 0 Å². The topological polar surface area (TPSA) is 32.5 Å². The summed E-state index contributed by atoms with van der Waals surface area (Å²) in [5.41, 5.74) is 7.50. The monoisotopic (exact) mass is 233 g/mol. The zero-order valence-electron chi connectivity index (χ0n) is 10.8. The highest BCUT2D eigenvalue weighted by Gasteiger charge is 2.23. The van der Waals surface area contributed by atoms with Crippen molar-refractivity contribution in [3.05, 3.63) is 35.9 Å². The summed E-state index contributed by atoms with van der Waals surface area (Å²) in [4.78, 5) is 4.88. The minimum Gasteiger partial charge on any atom is -0.323 e. The number of nitrogens with zero attached hydrogens (tertiary/aromatic N) is 2. The molecule has 1 heterocycles. The first-order chi connectivity index (χ1) is 8.16. The van der Waals surface area contributed by atoms with Crippen LogP contribution in [0.4, 0.5) is 0 Å². The maximum atomic E-state index is 6.27. The van der Waals surface area contributed by atoms with Crippen LogP contribution in [0, 0.1) is 0 Å². The van der Waals surface area contributed by atoms with Gasteiger partial charge in [0.2, 0.25) is 0 Å². The summed E-state index contributed by atoms with van der Waals surface area (Å²) < 4.78 is 0. The molecular weight excluding hydrogens is 210 g/mol. The summed E-state index contributed by atoms with van der Waals surface area (Å²) in [6.07, 6.45) is 0. The highest BCUT2D eigenvalue weighted by Crippen LogP contribution is 2.15. The zero-order valence-corrected chi connectivity index (χ0v) is 10.8. The number of hydrogen-bond donors (Lipinski definition) is 1. The Bertz CT molecular complexity index is 339. The fourth-order valence-electron chi connectivity index (χ4n) is 2.51. The lowest BCUT2D eigenvalue weighted by molar-refractivity contribution is 0.0945. The van der Waals surface area contributed by atoms with Gasteiger partial charge in [0.25, 0.3) is 0 Å². The van der Waals surface area contributed by atoms with Gasteiger partial charge in [-0.3, -0.25) is 4.90 Å². The van der Waals surface area contributed by atoms with E-state index in [2.05, 4.69) is 48.0 Å². The first-order valence-corrected chi connectivity index (χ1v) is 6.40. The van der Waals surface area contributed by atoms with E-state index in [4.69, 9.17) is 5.73 Å². The number of hydrogen-bond acceptors (Lipinski definition) is 3. The number of benzene rings is 1. The molecule has 1 aromatic carbocycles. The van der Waals surface area contributed by atoms with Gasteiger partial charge in [-0.25, -0.2) is 0 Å². The summed E-state index contributed by atoms with van der Waals surface area (Å²) in [5.74, 6) is 0. The summed E-state index contributed by atoms with van der Waals surface area (Å²) in [7, 11) is 2.19. The van der Waals surface area contributed by atoms with Crippen LogP contribution in [0.2, 0.25) is 0 Å². The first kappa shape index (κ1) is 12.6. The van der Waals surface area contributed by atoms with Crippen molar-refractivity contribution in [2.24, 2.45) is 5.73 Å². The molecule has 0 aromatic heterocycles. The van der Waals surface area contributed by atoms with Crippen molar-refractivity contribution < 1.29 is 0 Å². The van der Waals surface area contributed by atoms with Crippen molar-refractivity contribution in [2.75, 3.05) is 33.2 Å². The van der Waals surface area contributed by atoms with Gasteiger partial charge in [0, 0.05) is 38.3 Å². The Kier molecular flexibility index (Phi) is 4.15. The Labute approximate surface area is 104 Å². The molecule has 0 spiro atoms. The number of nitrogens with two attached hydrogens (primary N) is 1. The number of likely N-dealkylation sites (N-methyl/N-ethyl adjacent to an activating group) is 1. The lowest BCUT2D eigenvalue weighted by atomic mass is 10.1. The van der Waals surface area contributed by atoms with Crippen molar-refractivity contribution in [3.8, 4) is 0 Å². The molecule has 1 aliphatic rings. The van der Waals surface area contributed by atoms with Crippen LogP contribution in [0.3, 0.4) is 0 Å². The minimum absolute atomic E-state index is 0.127. The molecule has 3 heteroatoms. The van der Waals surface area contributed by atoms with Gasteiger partial charge in [0.1, 0.15) is 0 Å². The van der Waals surface area contributed by atoms with Crippen LogP contribution < -0.4 is 5.73 Å². The Hall–Kier alpha value is -0.900. The van der Waals surface area contributed by atoms with Crippen molar-refractivity contribution in [1.82, 2.24) is 9.80 Å². The van der Waals surface area contributed by atoms with E-state index in [-0.39, 0.29) is 6.04 Å². The van der Waals surface area contributed by atoms with Gasteiger partial charge < -0.3 is 10.6 Å². The average Bonchev–Trinajstić information content (AvgIpc) is 2.34. The van der Waals surface area contributed by atoms with E-state index in [1.165, 1.54) is 5.56 Å². The zero-order chi connectivity index (χ0) is 12.3. The maximum absolute atomic E-state index is 6.27. The van der Waals surface area contributed by atoms with Gasteiger partial charge in [-0.2, -0.15) is 0 Å². The summed E-state index contributed by atoms with van der Waals surface area (Å²) in [6.45, 7) is 6.65. The molecule has 0 bridgehead atoms. The predicted octanol–water partition coefficient (Wildman–Crippen LogP) is 1.32. The van der Waals surface area contributed by atoms with Crippen molar-refractivity contribution in [3.63, 3.8) is 0 Å². The maximum Gasteiger partial charge on any atom is 0.0424 e. The lowest BCUT2D eigenvalue weighted by Crippen LogP contribution is -2.52. The highest BCUT2D eigenvalue weighted by molar-refractivity contribution is 5.18. The Balaban J connectivity index is 1.93. The molecule has 1 aliphatic heterocycles. The molecule has 0 saturated carbocycles. The third-order valence-electron chi connectivity index (χ3n) is 3.63. The van der Waals surface area contributed by atoms with Gasteiger partial charge in [-0.1, -0.05) is 30.3 Å². The van der Waals surface area contributed by atoms with Crippen molar-refractivity contribution in [1.29, 1.82) is 0 Å². The molecule has 0 radical (unpaired) electrons. The van der Waals surface area contributed by atoms with E-state index in [0.717, 1.165) is 26.2 Å². The molecule has 2 atom stereocenters. The smallest absolute Gasteiger partial charge is 0.0424 e. The molecular formula is C14H23N3. The molecule has 1 aromatic rings. The van der Waals surface area contributed by atoms with Crippen molar-refractivity contribution >= 4 is 0 Å². The number of piperazine rings is 1. The fraction of sp³-hybridized carbons (Fsp3) is 0.571. The second-order valence-corrected chi connectivity index (χ2v) is 5.12. The Morgan fingerprint density at radius 3 is 2.65 bits per heavy atom. The van der Waals surface area contributed by atoms with Crippen LogP contribution in [0.25, 0.3) is 0 Å². The highest BCUT2D eigenvalue weighted by atomic mass is 15.3. The standard InChI is InChI=1S/C14H23N3/c1-12-10-16(2)8-9-17(12)11-14(15)13-6-4-3-5-7-13/h3-7,12,14H,8-11,15H2,1-2H3. The lowest BCUT2D eigenvalue weighted by Gasteiger charge is -2.39. The van der Waals surface area contributed by atoms with Gasteiger partial charge in [-0.15, -0.1) is 0 Å². The molecule has 0 aliphatic carbocycles. The van der Waals surface area contributed by atoms with Crippen LogP contribution in [0.5, 0.6) is 0 Å². The normalized spacial score (nSPS) is 24.8. The van der Waals surface area contributed by atoms with E-state index in [1.54, 1.807) is 0 Å². The van der Waals surface area contributed by atoms with E-state index < -0.39 is 0 Å². The third kappa shape index (κ3) is 3.28. The van der Waals surface area contributed by atoms with Gasteiger partial charge in [0.05, 0.1) is 0 Å². The fourth-order valence-corrected chi connectivity index (χ4v) is 2.51. The molecule has 2 rings (SSSR count). The van der Waals surface area contributed by atoms with Gasteiger partial charge >= 0.3 is 0 Å². The SMILES string of the molecule is CC1CN(C)CCN1CC(N)c1ccccc1. The molecule has 94 valence electrons. The second-order valence-electron chi connectivity index (χ2n) is 5.12. The Morgan fingerprint density at radius 2 is 2.00 bits per heavy atom. The molecule has 1 saturated heterocycles. The quantitative estimate of drug-likeness (QED) is 0.854. The Morgan fingerprint density at radius 1 is 1.29 bits per heavy atom. The van der Waals surface area contributed by atoms with Crippen LogP contribution in [0.1, 0.15) is 18.5 Å². The summed E-state index contributed by atoms with van der Waals surface area (Å²) >= 11 is 0. The average molecular weight is 233 g/mol. The van der Waals surface area contributed by atoms with E-state index in [9.17, 15) is 0 Å². The third-order valence-corrected chi connectivity index (χ3v) is 3.63. The molecule has 17 heavy (non-hydrogen) atoms. The van der Waals surface area contributed by atoms with E-state index in [0.29, 0.717) is 6.04 Å². The van der Waals surface area contributed by atoms with E-state index >= 15 is 0 Å². The predicted molar refractivity (Wildman–Crippen MR) is 71.9 cm³/mol. The second kappa shape index (κ2) is 5.63. The molecule has 0 amide bonds. The largest absolute Gasteiger partial charge is 0.323 e. The summed E-state index contributed by atoms with van der Waals surface area (Å²) in [6, 6.07) is 11.1. The molecule has 3 nitrogen and oxygen atoms in total. The van der Waals surface area contributed by atoms with Gasteiger partial charge in [0.15, 0.2) is 0 Å². The minimum atomic E-state index is 0.127. The van der Waals surface area contributed by atoms with Crippen LogP contribution in [0.15, 0.2) is 30.3 Å². The van der Waals surface area contributed by atoms with E-state index in [1.807, 2.05) is 6.07 Å². The molecule has 2 unspecified atom stereocenters. The molecule has 2 N–H and O–H groups in total. The summed E-state index contributed by atoms with van der Waals surface area (Å²) in [5, 5.41) is 0.